The lowest BCUT2D eigenvalue weighted by molar-refractivity contribution is -0.121. The van der Waals surface area contributed by atoms with Gasteiger partial charge in [0.1, 0.15) is 5.78 Å². The van der Waals surface area contributed by atoms with Gasteiger partial charge < -0.3 is 10.2 Å². The molecular weight excluding hydrogens is 188 g/mol. The molecule has 2 aliphatic heterocycles. The summed E-state index contributed by atoms with van der Waals surface area (Å²) in [5.74, 6) is 0.434. The maximum absolute atomic E-state index is 11.3. The Morgan fingerprint density at radius 2 is 2.31 bits per heavy atom. The van der Waals surface area contributed by atoms with Gasteiger partial charge in [0.25, 0.3) is 0 Å². The summed E-state index contributed by atoms with van der Waals surface area (Å²) in [6.07, 6.45) is 2.61. The van der Waals surface area contributed by atoms with Crippen LogP contribution in [0.15, 0.2) is 0 Å². The second-order valence-electron chi connectivity index (χ2n) is 4.16. The van der Waals surface area contributed by atoms with E-state index in [2.05, 4.69) is 17.3 Å². The molecule has 2 fully saturated rings. The zero-order valence-electron chi connectivity index (χ0n) is 8.01. The minimum absolute atomic E-state index is 0. The molecule has 1 atom stereocenters. The highest BCUT2D eigenvalue weighted by molar-refractivity contribution is 5.85. The maximum atomic E-state index is 11.3. The van der Waals surface area contributed by atoms with Crippen LogP contribution in [0.2, 0.25) is 0 Å². The lowest BCUT2D eigenvalue weighted by atomic mass is 9.87. The van der Waals surface area contributed by atoms with Gasteiger partial charge in [-0.1, -0.05) is 0 Å². The number of piperidine rings is 1. The van der Waals surface area contributed by atoms with Gasteiger partial charge in [0, 0.05) is 31.5 Å². The van der Waals surface area contributed by atoms with E-state index < -0.39 is 0 Å². The van der Waals surface area contributed by atoms with Crippen LogP contribution in [0.3, 0.4) is 0 Å². The largest absolute Gasteiger partial charge is 0.309 e. The summed E-state index contributed by atoms with van der Waals surface area (Å²) in [7, 11) is 2.12. The Hall–Kier alpha value is -0.120. The second-order valence-corrected chi connectivity index (χ2v) is 4.16. The smallest absolute Gasteiger partial charge is 0.136 e. The van der Waals surface area contributed by atoms with E-state index in [-0.39, 0.29) is 17.9 Å². The van der Waals surface area contributed by atoms with Crippen LogP contribution in [0.4, 0.5) is 0 Å². The van der Waals surface area contributed by atoms with Crippen molar-refractivity contribution < 1.29 is 4.79 Å². The van der Waals surface area contributed by atoms with Gasteiger partial charge in [-0.25, -0.2) is 0 Å². The summed E-state index contributed by atoms with van der Waals surface area (Å²) in [5, 5.41) is 3.49. The fraction of sp³-hybridized carbons (Fsp3) is 0.889. The molecule has 0 saturated carbocycles. The van der Waals surface area contributed by atoms with E-state index in [1.54, 1.807) is 0 Å². The first-order valence-electron chi connectivity index (χ1n) is 4.66. The number of hydrogen-bond acceptors (Lipinski definition) is 3. The fourth-order valence-electron chi connectivity index (χ4n) is 2.36. The van der Waals surface area contributed by atoms with Gasteiger partial charge in [0.2, 0.25) is 0 Å². The summed E-state index contributed by atoms with van der Waals surface area (Å²) in [6, 6.07) is 0. The maximum Gasteiger partial charge on any atom is 0.136 e. The summed E-state index contributed by atoms with van der Waals surface area (Å²) < 4.78 is 0. The van der Waals surface area contributed by atoms with Gasteiger partial charge in [-0.3, -0.25) is 4.79 Å². The molecule has 13 heavy (non-hydrogen) atoms. The minimum atomic E-state index is 0. The molecule has 3 nitrogen and oxygen atoms in total. The quantitative estimate of drug-likeness (QED) is 0.622. The summed E-state index contributed by atoms with van der Waals surface area (Å²) in [4.78, 5) is 13.6. The number of nitrogens with one attached hydrogen (secondary N) is 1. The Kier molecular flexibility index (Phi) is 3.33. The number of ketones is 1. The summed E-state index contributed by atoms with van der Waals surface area (Å²) in [6.45, 7) is 3.05. The molecular formula is C9H17ClN2O. The fourth-order valence-corrected chi connectivity index (χ4v) is 2.36. The number of carbonyl (C=O) groups is 1. The topological polar surface area (TPSA) is 32.3 Å². The molecule has 4 heteroatoms. The van der Waals surface area contributed by atoms with Gasteiger partial charge in [-0.05, 0) is 20.0 Å². The number of nitrogens with zero attached hydrogens (tertiary/aromatic N) is 1. The Morgan fingerprint density at radius 1 is 1.54 bits per heavy atom. The van der Waals surface area contributed by atoms with Crippen LogP contribution in [0.1, 0.15) is 19.3 Å². The van der Waals surface area contributed by atoms with Gasteiger partial charge in [-0.15, -0.1) is 12.4 Å². The molecule has 0 aliphatic carbocycles. The van der Waals surface area contributed by atoms with Crippen LogP contribution in [-0.2, 0) is 4.79 Å². The average molecular weight is 205 g/mol. The van der Waals surface area contributed by atoms with Crippen molar-refractivity contribution in [1.82, 2.24) is 10.2 Å². The van der Waals surface area contributed by atoms with E-state index in [1.165, 1.54) is 0 Å². The third-order valence-corrected chi connectivity index (χ3v) is 2.98. The van der Waals surface area contributed by atoms with Crippen LogP contribution >= 0.6 is 12.4 Å². The zero-order chi connectivity index (χ0) is 8.60. The molecule has 1 unspecified atom stereocenters. The summed E-state index contributed by atoms with van der Waals surface area (Å²) >= 11 is 0. The van der Waals surface area contributed by atoms with Crippen molar-refractivity contribution in [2.75, 3.05) is 26.7 Å². The Balaban J connectivity index is 0.000000845. The predicted molar refractivity (Wildman–Crippen MR) is 54.3 cm³/mol. The Labute approximate surface area is 85.3 Å². The molecule has 1 spiro atoms. The zero-order valence-corrected chi connectivity index (χ0v) is 8.82. The first-order chi connectivity index (χ1) is 5.70. The van der Waals surface area contributed by atoms with E-state index >= 15 is 0 Å². The van der Waals surface area contributed by atoms with Crippen LogP contribution in [0, 0.1) is 0 Å². The van der Waals surface area contributed by atoms with Crippen molar-refractivity contribution in [1.29, 1.82) is 0 Å². The molecule has 0 radical (unpaired) electrons. The monoisotopic (exact) mass is 204 g/mol. The molecule has 0 amide bonds. The average Bonchev–Trinajstić information content (AvgIpc) is 2.32. The molecule has 2 heterocycles. The van der Waals surface area contributed by atoms with Crippen LogP contribution in [0.25, 0.3) is 0 Å². The van der Waals surface area contributed by atoms with Crippen molar-refractivity contribution >= 4 is 18.2 Å². The third kappa shape index (κ3) is 2.22. The van der Waals surface area contributed by atoms with E-state index in [9.17, 15) is 4.79 Å². The van der Waals surface area contributed by atoms with Crippen LogP contribution in [-0.4, -0.2) is 42.9 Å². The standard InChI is InChI=1S/C9H16N2O.ClH/c1-11-5-3-9(7-11)6-8(12)2-4-10-9;/h10H,2-7H2,1H3;1H. The number of rotatable bonds is 0. The van der Waals surface area contributed by atoms with E-state index in [0.29, 0.717) is 5.78 Å². The van der Waals surface area contributed by atoms with Crippen molar-refractivity contribution in [3.8, 4) is 0 Å². The van der Waals surface area contributed by atoms with Crippen LogP contribution < -0.4 is 5.32 Å². The lowest BCUT2D eigenvalue weighted by Crippen LogP contribution is -2.52. The molecule has 2 saturated heterocycles. The van der Waals surface area contributed by atoms with Crippen molar-refractivity contribution in [2.24, 2.45) is 0 Å². The van der Waals surface area contributed by atoms with E-state index in [0.717, 1.165) is 38.9 Å². The molecule has 1 N–H and O–H groups in total. The van der Waals surface area contributed by atoms with Gasteiger partial charge in [-0.2, -0.15) is 0 Å². The number of likely N-dealkylation sites (N-methyl/N-ethyl adjacent to an activating group) is 1. The SMILES string of the molecule is CN1CCC2(CC(=O)CCN2)C1.Cl. The lowest BCUT2D eigenvalue weighted by Gasteiger charge is -2.33. The number of hydrogen-bond donors (Lipinski definition) is 1. The number of Topliss-reactive ketones (excluding diaryl/α,β-unsaturated/α-hetero) is 1. The van der Waals surface area contributed by atoms with Crippen molar-refractivity contribution in [3.63, 3.8) is 0 Å². The molecule has 76 valence electrons. The highest BCUT2D eigenvalue weighted by Crippen LogP contribution is 2.26. The number of carbonyl (C=O) groups excluding carboxylic acids is 1. The number of halogens is 1. The third-order valence-electron chi connectivity index (χ3n) is 2.98. The molecule has 0 aromatic heterocycles. The molecule has 0 bridgehead atoms. The molecule has 0 aromatic carbocycles. The van der Waals surface area contributed by atoms with Crippen molar-refractivity contribution in [2.45, 2.75) is 24.8 Å². The highest BCUT2D eigenvalue weighted by atomic mass is 35.5. The normalized spacial score (nSPS) is 35.0. The second kappa shape index (κ2) is 3.95. The Bertz CT molecular complexity index is 206. The van der Waals surface area contributed by atoms with E-state index in [1.807, 2.05) is 0 Å². The molecule has 2 rings (SSSR count). The van der Waals surface area contributed by atoms with Gasteiger partial charge >= 0.3 is 0 Å². The number of likely N-dealkylation sites (tertiary alicyclic amines) is 1. The highest BCUT2D eigenvalue weighted by Gasteiger charge is 2.39. The predicted octanol–water partition coefficient (Wildman–Crippen LogP) is 0.435. The molecule has 2 aliphatic rings. The Morgan fingerprint density at radius 3 is 2.85 bits per heavy atom. The summed E-state index contributed by atoms with van der Waals surface area (Å²) in [5.41, 5.74) is 0.143. The first-order valence-corrected chi connectivity index (χ1v) is 4.66. The minimum Gasteiger partial charge on any atom is -0.309 e. The van der Waals surface area contributed by atoms with Gasteiger partial charge in [0.05, 0.1) is 0 Å². The van der Waals surface area contributed by atoms with Crippen molar-refractivity contribution in [3.05, 3.63) is 0 Å². The van der Waals surface area contributed by atoms with Crippen LogP contribution in [0.5, 0.6) is 0 Å². The van der Waals surface area contributed by atoms with E-state index in [4.69, 9.17) is 0 Å². The first kappa shape index (κ1) is 11.0. The van der Waals surface area contributed by atoms with Gasteiger partial charge in [0.15, 0.2) is 0 Å². The molecule has 0 aromatic rings.